The predicted molar refractivity (Wildman–Crippen MR) is 90.2 cm³/mol. The Morgan fingerprint density at radius 1 is 1.19 bits per heavy atom. The summed E-state index contributed by atoms with van der Waals surface area (Å²) in [5, 5.41) is 0. The van der Waals surface area contributed by atoms with Gasteiger partial charge in [-0.05, 0) is 50.1 Å². The second kappa shape index (κ2) is 5.94. The summed E-state index contributed by atoms with van der Waals surface area (Å²) >= 11 is 1.69. The van der Waals surface area contributed by atoms with E-state index in [9.17, 15) is 4.79 Å². The van der Waals surface area contributed by atoms with Gasteiger partial charge in [-0.3, -0.25) is 4.79 Å². The number of benzene rings is 1. The maximum absolute atomic E-state index is 11.6. The van der Waals surface area contributed by atoms with E-state index in [1.54, 1.807) is 18.7 Å². The van der Waals surface area contributed by atoms with Gasteiger partial charge in [0.2, 0.25) is 0 Å². The second-order valence-corrected chi connectivity index (χ2v) is 6.57. The lowest BCUT2D eigenvalue weighted by Crippen LogP contribution is -2.02. The summed E-state index contributed by atoms with van der Waals surface area (Å²) in [4.78, 5) is 13.9. The van der Waals surface area contributed by atoms with Crippen LogP contribution in [0.2, 0.25) is 0 Å². The Bertz CT molecular complexity index is 725. The number of carbonyl (C=O) groups is 1. The van der Waals surface area contributed by atoms with Crippen molar-refractivity contribution in [2.75, 3.05) is 0 Å². The molecule has 0 spiro atoms. The molecule has 0 saturated carbocycles. The molecule has 0 bridgehead atoms. The summed E-state index contributed by atoms with van der Waals surface area (Å²) < 4.78 is 1.96. The molecule has 0 radical (unpaired) electrons. The predicted octanol–water partition coefficient (Wildman–Crippen LogP) is 5.03. The highest BCUT2D eigenvalue weighted by Gasteiger charge is 2.13. The first-order valence-electron chi connectivity index (χ1n) is 6.93. The van der Waals surface area contributed by atoms with E-state index in [1.807, 2.05) is 31.5 Å². The highest BCUT2D eigenvalue weighted by atomic mass is 32.2. The van der Waals surface area contributed by atoms with Crippen LogP contribution < -0.4 is 0 Å². The number of ketones is 1. The van der Waals surface area contributed by atoms with Crippen molar-refractivity contribution in [1.29, 1.82) is 0 Å². The topological polar surface area (TPSA) is 22.0 Å². The van der Waals surface area contributed by atoms with Gasteiger partial charge in [0.05, 0.1) is 5.69 Å². The lowest BCUT2D eigenvalue weighted by molar-refractivity contribution is 0.101. The minimum atomic E-state index is 0.0963. The van der Waals surface area contributed by atoms with Gasteiger partial charge in [-0.2, -0.15) is 0 Å². The number of aromatic nitrogens is 1. The van der Waals surface area contributed by atoms with Crippen LogP contribution >= 0.6 is 11.8 Å². The van der Waals surface area contributed by atoms with Crippen molar-refractivity contribution in [2.45, 2.75) is 37.5 Å². The van der Waals surface area contributed by atoms with Gasteiger partial charge >= 0.3 is 0 Å². The molecule has 21 heavy (non-hydrogen) atoms. The number of aryl methyl sites for hydroxylation is 1. The number of Topliss-reactive ketones (excluding diaryl/α,β-unsaturated/α-hetero) is 1. The van der Waals surface area contributed by atoms with Crippen molar-refractivity contribution in [2.24, 2.45) is 7.05 Å². The molecule has 0 N–H and O–H groups in total. The Balaban J connectivity index is 2.39. The van der Waals surface area contributed by atoms with E-state index in [0.717, 1.165) is 21.9 Å². The fraction of sp³-hybridized carbons (Fsp3) is 0.278. The molecule has 1 heterocycles. The van der Waals surface area contributed by atoms with Crippen LogP contribution in [0.4, 0.5) is 0 Å². The zero-order valence-corrected chi connectivity index (χ0v) is 14.1. The van der Waals surface area contributed by atoms with Crippen molar-refractivity contribution in [3.05, 3.63) is 53.4 Å². The molecular formula is C18H21NOS. The number of hydrogen-bond acceptors (Lipinski definition) is 2. The van der Waals surface area contributed by atoms with Gasteiger partial charge in [0, 0.05) is 29.5 Å². The van der Waals surface area contributed by atoms with E-state index >= 15 is 0 Å². The van der Waals surface area contributed by atoms with Gasteiger partial charge in [0.1, 0.15) is 0 Å². The summed E-state index contributed by atoms with van der Waals surface area (Å²) in [5.74, 6) is 0.0963. The van der Waals surface area contributed by atoms with Crippen molar-refractivity contribution < 1.29 is 4.79 Å². The molecule has 0 saturated heterocycles. The third-order valence-electron chi connectivity index (χ3n) is 3.75. The molecular weight excluding hydrogens is 278 g/mol. The molecule has 2 aromatic rings. The van der Waals surface area contributed by atoms with Gasteiger partial charge in [-0.1, -0.05) is 30.0 Å². The lowest BCUT2D eigenvalue weighted by atomic mass is 10.0. The Labute approximate surface area is 130 Å². The van der Waals surface area contributed by atoms with Gasteiger partial charge in [0.15, 0.2) is 5.78 Å². The van der Waals surface area contributed by atoms with Crippen molar-refractivity contribution in [3.8, 4) is 0 Å². The molecule has 0 unspecified atom stereocenters. The van der Waals surface area contributed by atoms with Gasteiger partial charge in [0.25, 0.3) is 0 Å². The molecule has 110 valence electrons. The average molecular weight is 299 g/mol. The van der Waals surface area contributed by atoms with Gasteiger partial charge in [-0.15, -0.1) is 0 Å². The average Bonchev–Trinajstić information content (AvgIpc) is 2.69. The van der Waals surface area contributed by atoms with E-state index in [-0.39, 0.29) is 5.78 Å². The molecule has 2 rings (SSSR count). The third-order valence-corrected chi connectivity index (χ3v) is 4.87. The third kappa shape index (κ3) is 3.13. The summed E-state index contributed by atoms with van der Waals surface area (Å²) in [6.07, 6.45) is 0. The molecule has 0 aliphatic rings. The molecule has 0 atom stereocenters. The summed E-state index contributed by atoms with van der Waals surface area (Å²) in [5.41, 5.74) is 5.37. The van der Waals surface area contributed by atoms with Crippen LogP contribution in [0.25, 0.3) is 5.57 Å². The van der Waals surface area contributed by atoms with Crippen LogP contribution in [0.1, 0.15) is 41.2 Å². The molecule has 0 aliphatic heterocycles. The Kier molecular flexibility index (Phi) is 4.43. The van der Waals surface area contributed by atoms with Gasteiger partial charge in [-0.25, -0.2) is 0 Å². The minimum Gasteiger partial charge on any atom is -0.344 e. The zero-order valence-electron chi connectivity index (χ0n) is 13.3. The Hall–Kier alpha value is -1.74. The highest BCUT2D eigenvalue weighted by Crippen LogP contribution is 2.34. The second-order valence-electron chi connectivity index (χ2n) is 5.45. The van der Waals surface area contributed by atoms with Crippen LogP contribution in [0.5, 0.6) is 0 Å². The number of hydrogen-bond donors (Lipinski definition) is 0. The summed E-state index contributed by atoms with van der Waals surface area (Å²) in [6.45, 7) is 11.8. The van der Waals surface area contributed by atoms with E-state index in [4.69, 9.17) is 0 Å². The molecule has 1 aromatic carbocycles. The van der Waals surface area contributed by atoms with E-state index in [2.05, 4.69) is 31.7 Å². The standard InChI is InChI=1S/C18H21NOS/c1-11(2)16-9-15(8-7-12(16)3)21-18-10-17(14(5)20)19(6)13(18)4/h7-10H,1H2,2-6H3. The molecule has 1 aromatic heterocycles. The maximum atomic E-state index is 11.6. The first-order chi connectivity index (χ1) is 9.81. The van der Waals surface area contributed by atoms with Crippen LogP contribution in [-0.2, 0) is 7.05 Å². The van der Waals surface area contributed by atoms with E-state index < -0.39 is 0 Å². The maximum Gasteiger partial charge on any atom is 0.176 e. The zero-order chi connectivity index (χ0) is 15.7. The number of allylic oxidation sites excluding steroid dienone is 1. The normalized spacial score (nSPS) is 10.7. The van der Waals surface area contributed by atoms with Crippen LogP contribution in [0.3, 0.4) is 0 Å². The smallest absolute Gasteiger partial charge is 0.176 e. The molecule has 3 heteroatoms. The first-order valence-corrected chi connectivity index (χ1v) is 7.74. The van der Waals surface area contributed by atoms with Crippen LogP contribution in [0, 0.1) is 13.8 Å². The first kappa shape index (κ1) is 15.6. The fourth-order valence-corrected chi connectivity index (χ4v) is 3.39. The minimum absolute atomic E-state index is 0.0963. The van der Waals surface area contributed by atoms with Crippen LogP contribution in [0.15, 0.2) is 40.6 Å². The molecule has 0 aliphatic carbocycles. The van der Waals surface area contributed by atoms with Crippen LogP contribution in [-0.4, -0.2) is 10.4 Å². The number of rotatable bonds is 4. The Morgan fingerprint density at radius 3 is 2.38 bits per heavy atom. The molecule has 0 fully saturated rings. The quantitative estimate of drug-likeness (QED) is 0.739. The highest BCUT2D eigenvalue weighted by molar-refractivity contribution is 7.99. The summed E-state index contributed by atoms with van der Waals surface area (Å²) in [7, 11) is 1.94. The SMILES string of the molecule is C=C(C)c1cc(Sc2cc(C(C)=O)n(C)c2C)ccc1C. The molecule has 0 amide bonds. The monoisotopic (exact) mass is 299 g/mol. The van der Waals surface area contributed by atoms with Gasteiger partial charge < -0.3 is 4.57 Å². The van der Waals surface area contributed by atoms with E-state index in [0.29, 0.717) is 0 Å². The van der Waals surface area contributed by atoms with Crippen molar-refractivity contribution >= 4 is 23.1 Å². The van der Waals surface area contributed by atoms with Crippen molar-refractivity contribution in [3.63, 3.8) is 0 Å². The van der Waals surface area contributed by atoms with E-state index in [1.165, 1.54) is 16.0 Å². The lowest BCUT2D eigenvalue weighted by Gasteiger charge is -2.08. The largest absolute Gasteiger partial charge is 0.344 e. The Morgan fingerprint density at radius 2 is 1.86 bits per heavy atom. The number of nitrogens with zero attached hydrogens (tertiary/aromatic N) is 1. The van der Waals surface area contributed by atoms with Crippen molar-refractivity contribution in [1.82, 2.24) is 4.57 Å². The number of carbonyl (C=O) groups excluding carboxylic acids is 1. The molecule has 2 nitrogen and oxygen atoms in total. The fourth-order valence-electron chi connectivity index (χ4n) is 2.36. The summed E-state index contributed by atoms with van der Waals surface area (Å²) in [6, 6.07) is 8.38.